The quantitative estimate of drug-likeness (QED) is 0.564. The van der Waals surface area contributed by atoms with Crippen LogP contribution in [0.4, 0.5) is 10.5 Å². The third kappa shape index (κ3) is 4.01. The van der Waals surface area contributed by atoms with E-state index in [0.29, 0.717) is 44.9 Å². The average molecular weight is 553 g/mol. The normalized spacial score (nSPS) is 19.9. The second-order valence-corrected chi connectivity index (χ2v) is 9.17. The van der Waals surface area contributed by atoms with Crippen molar-refractivity contribution in [2.75, 3.05) is 25.1 Å². The van der Waals surface area contributed by atoms with Gasteiger partial charge in [-0.3, -0.25) is 14.5 Å². The standard InChI is InChI=1S/C21H19Br2N3O5/c1-11-7-13(22)18(14(23)8-11)24-17(27)10-26-19(28)21(2,25-20(26)29)12-3-4-15-16(9-12)31-6-5-30-15/h3-4,7-9H,5-6,10H2,1-2H3,(H,24,27)(H,25,29). The Labute approximate surface area is 195 Å². The second kappa shape index (κ2) is 8.16. The molecule has 1 saturated heterocycles. The molecular weight excluding hydrogens is 534 g/mol. The zero-order chi connectivity index (χ0) is 22.3. The van der Waals surface area contributed by atoms with E-state index in [2.05, 4.69) is 42.5 Å². The van der Waals surface area contributed by atoms with Crippen LogP contribution in [0.1, 0.15) is 18.1 Å². The first-order chi connectivity index (χ1) is 14.7. The molecule has 10 heteroatoms. The van der Waals surface area contributed by atoms with Crippen molar-refractivity contribution in [1.82, 2.24) is 10.2 Å². The van der Waals surface area contributed by atoms with E-state index in [1.165, 1.54) is 0 Å². The Balaban J connectivity index is 1.53. The summed E-state index contributed by atoms with van der Waals surface area (Å²) in [5, 5.41) is 5.43. The summed E-state index contributed by atoms with van der Waals surface area (Å²) >= 11 is 6.83. The fourth-order valence-corrected chi connectivity index (χ4v) is 5.15. The lowest BCUT2D eigenvalue weighted by Gasteiger charge is -2.25. The number of ether oxygens (including phenoxy) is 2. The smallest absolute Gasteiger partial charge is 0.325 e. The van der Waals surface area contributed by atoms with Gasteiger partial charge < -0.3 is 20.1 Å². The van der Waals surface area contributed by atoms with E-state index < -0.39 is 29.9 Å². The number of nitrogens with zero attached hydrogens (tertiary/aromatic N) is 1. The highest BCUT2D eigenvalue weighted by molar-refractivity contribution is 9.11. The Hall–Kier alpha value is -2.59. The monoisotopic (exact) mass is 551 g/mol. The van der Waals surface area contributed by atoms with E-state index in [9.17, 15) is 14.4 Å². The summed E-state index contributed by atoms with van der Waals surface area (Å²) in [5.41, 5.74) is 0.749. The molecule has 2 heterocycles. The molecule has 2 N–H and O–H groups in total. The number of fused-ring (bicyclic) bond motifs is 1. The first kappa shape index (κ1) is 21.6. The van der Waals surface area contributed by atoms with Gasteiger partial charge in [0.25, 0.3) is 5.91 Å². The van der Waals surface area contributed by atoms with E-state index in [1.54, 1.807) is 25.1 Å². The van der Waals surface area contributed by atoms with Gasteiger partial charge in [-0.2, -0.15) is 0 Å². The van der Waals surface area contributed by atoms with Crippen LogP contribution < -0.4 is 20.1 Å². The van der Waals surface area contributed by atoms with Crippen LogP contribution >= 0.6 is 31.9 Å². The van der Waals surface area contributed by atoms with Gasteiger partial charge in [-0.15, -0.1) is 0 Å². The number of aryl methyl sites for hydroxylation is 1. The number of hydrogen-bond donors (Lipinski definition) is 2. The van der Waals surface area contributed by atoms with Gasteiger partial charge >= 0.3 is 6.03 Å². The molecule has 0 spiro atoms. The molecule has 2 aromatic carbocycles. The van der Waals surface area contributed by atoms with Crippen LogP contribution in [0, 0.1) is 6.92 Å². The molecule has 2 aliphatic rings. The molecule has 0 radical (unpaired) electrons. The molecule has 1 atom stereocenters. The Morgan fingerprint density at radius 3 is 2.45 bits per heavy atom. The molecule has 8 nitrogen and oxygen atoms in total. The number of halogens is 2. The Morgan fingerprint density at radius 2 is 1.77 bits per heavy atom. The van der Waals surface area contributed by atoms with Crippen molar-refractivity contribution in [2.45, 2.75) is 19.4 Å². The van der Waals surface area contributed by atoms with Crippen molar-refractivity contribution >= 4 is 55.4 Å². The van der Waals surface area contributed by atoms with Crippen molar-refractivity contribution in [3.63, 3.8) is 0 Å². The number of hydrogen-bond acceptors (Lipinski definition) is 5. The number of carbonyl (C=O) groups excluding carboxylic acids is 3. The minimum Gasteiger partial charge on any atom is -0.486 e. The minimum atomic E-state index is -1.32. The van der Waals surface area contributed by atoms with Gasteiger partial charge in [0.1, 0.15) is 25.3 Å². The summed E-state index contributed by atoms with van der Waals surface area (Å²) in [6.45, 7) is 3.97. The summed E-state index contributed by atoms with van der Waals surface area (Å²) in [7, 11) is 0. The maximum absolute atomic E-state index is 13.1. The zero-order valence-electron chi connectivity index (χ0n) is 16.8. The highest BCUT2D eigenvalue weighted by Crippen LogP contribution is 2.37. The number of urea groups is 1. The van der Waals surface area contributed by atoms with E-state index in [1.807, 2.05) is 19.1 Å². The van der Waals surface area contributed by atoms with E-state index >= 15 is 0 Å². The molecule has 0 aromatic heterocycles. The third-order valence-corrected chi connectivity index (χ3v) is 6.40. The van der Waals surface area contributed by atoms with Gasteiger partial charge in [0.05, 0.1) is 5.69 Å². The summed E-state index contributed by atoms with van der Waals surface area (Å²) in [4.78, 5) is 39.2. The number of benzene rings is 2. The molecule has 0 aliphatic carbocycles. The van der Waals surface area contributed by atoms with Crippen molar-refractivity contribution in [2.24, 2.45) is 0 Å². The van der Waals surface area contributed by atoms with Crippen molar-refractivity contribution in [3.8, 4) is 11.5 Å². The lowest BCUT2D eigenvalue weighted by Crippen LogP contribution is -2.42. The highest BCUT2D eigenvalue weighted by atomic mass is 79.9. The van der Waals surface area contributed by atoms with Gasteiger partial charge in [-0.05, 0) is 81.1 Å². The first-order valence-corrected chi connectivity index (χ1v) is 11.1. The summed E-state index contributed by atoms with van der Waals surface area (Å²) in [6, 6.07) is 8.16. The maximum Gasteiger partial charge on any atom is 0.325 e. The molecule has 162 valence electrons. The van der Waals surface area contributed by atoms with Gasteiger partial charge in [-0.25, -0.2) is 4.79 Å². The molecule has 0 saturated carbocycles. The lowest BCUT2D eigenvalue weighted by molar-refractivity contribution is -0.133. The van der Waals surface area contributed by atoms with Crippen LogP contribution in [-0.2, 0) is 15.1 Å². The van der Waals surface area contributed by atoms with E-state index in [4.69, 9.17) is 9.47 Å². The summed E-state index contributed by atoms with van der Waals surface area (Å²) < 4.78 is 12.5. The van der Waals surface area contributed by atoms with Crippen LogP contribution in [0.2, 0.25) is 0 Å². The van der Waals surface area contributed by atoms with Crippen LogP contribution in [0.15, 0.2) is 39.3 Å². The Kier molecular flexibility index (Phi) is 5.69. The number of nitrogens with one attached hydrogen (secondary N) is 2. The third-order valence-electron chi connectivity index (χ3n) is 5.15. The van der Waals surface area contributed by atoms with Gasteiger partial charge in [0, 0.05) is 8.95 Å². The van der Waals surface area contributed by atoms with Crippen LogP contribution in [-0.4, -0.2) is 42.5 Å². The Bertz CT molecular complexity index is 1080. The van der Waals surface area contributed by atoms with Gasteiger partial charge in [-0.1, -0.05) is 6.07 Å². The molecule has 2 aliphatic heterocycles. The molecule has 1 fully saturated rings. The molecule has 31 heavy (non-hydrogen) atoms. The lowest BCUT2D eigenvalue weighted by atomic mass is 9.91. The molecule has 0 bridgehead atoms. The van der Waals surface area contributed by atoms with Gasteiger partial charge in [0.2, 0.25) is 5.91 Å². The second-order valence-electron chi connectivity index (χ2n) is 7.46. The number of rotatable bonds is 4. The predicted molar refractivity (Wildman–Crippen MR) is 120 cm³/mol. The van der Waals surface area contributed by atoms with Crippen LogP contribution in [0.3, 0.4) is 0 Å². The van der Waals surface area contributed by atoms with Crippen molar-refractivity contribution in [3.05, 3.63) is 50.4 Å². The van der Waals surface area contributed by atoms with Crippen molar-refractivity contribution < 1.29 is 23.9 Å². The number of amides is 4. The fraction of sp³-hybridized carbons (Fsp3) is 0.286. The van der Waals surface area contributed by atoms with E-state index in [0.717, 1.165) is 10.5 Å². The van der Waals surface area contributed by atoms with Crippen LogP contribution in [0.5, 0.6) is 11.5 Å². The predicted octanol–water partition coefficient (Wildman–Crippen LogP) is 3.70. The van der Waals surface area contributed by atoms with Crippen LogP contribution in [0.25, 0.3) is 0 Å². The SMILES string of the molecule is Cc1cc(Br)c(NC(=O)CN2C(=O)NC(C)(c3ccc4c(c3)OCCO4)C2=O)c(Br)c1. The molecule has 2 aromatic rings. The van der Waals surface area contributed by atoms with E-state index in [-0.39, 0.29) is 0 Å². The average Bonchev–Trinajstić information content (AvgIpc) is 2.94. The van der Waals surface area contributed by atoms with Gasteiger partial charge in [0.15, 0.2) is 11.5 Å². The number of carbonyl (C=O) groups is 3. The fourth-order valence-electron chi connectivity index (χ4n) is 3.53. The first-order valence-electron chi connectivity index (χ1n) is 9.49. The molecule has 1 unspecified atom stereocenters. The Morgan fingerprint density at radius 1 is 1.13 bits per heavy atom. The number of imide groups is 1. The van der Waals surface area contributed by atoms with Crippen molar-refractivity contribution in [1.29, 1.82) is 0 Å². The summed E-state index contributed by atoms with van der Waals surface area (Å²) in [5.74, 6) is 0.0738. The molecule has 4 rings (SSSR count). The highest BCUT2D eigenvalue weighted by Gasteiger charge is 2.49. The number of anilines is 1. The minimum absolute atomic E-state index is 0.407. The largest absolute Gasteiger partial charge is 0.486 e. The molecular formula is C21H19Br2N3O5. The topological polar surface area (TPSA) is 97.0 Å². The zero-order valence-corrected chi connectivity index (χ0v) is 19.9. The molecule has 4 amide bonds. The maximum atomic E-state index is 13.1. The summed E-state index contributed by atoms with van der Waals surface area (Å²) in [6.07, 6.45) is 0.